The van der Waals surface area contributed by atoms with Gasteiger partial charge in [0.25, 0.3) is 10.2 Å². The third-order valence-electron chi connectivity index (χ3n) is 3.57. The molecule has 2 saturated heterocycles. The van der Waals surface area contributed by atoms with E-state index in [4.69, 9.17) is 9.47 Å². The third-order valence-corrected chi connectivity index (χ3v) is 5.15. The number of rotatable bonds is 6. The minimum absolute atomic E-state index is 0.183. The fraction of sp³-hybridized carbons (Fsp3) is 0.917. The molecule has 0 saturated carbocycles. The summed E-state index contributed by atoms with van der Waals surface area (Å²) in [5, 5.41) is 3.14. The molecule has 9 heteroatoms. The Bertz CT molecular complexity index is 450. The zero-order valence-electron chi connectivity index (χ0n) is 12.2. The Morgan fingerprint density at radius 1 is 1.52 bits per heavy atom. The van der Waals surface area contributed by atoms with E-state index in [9.17, 15) is 13.2 Å². The van der Waals surface area contributed by atoms with Crippen LogP contribution in [0, 0.1) is 0 Å². The lowest BCUT2D eigenvalue weighted by atomic mass is 10.2. The molecule has 2 aliphatic heterocycles. The first kappa shape index (κ1) is 16.6. The molecule has 2 rings (SSSR count). The Morgan fingerprint density at radius 2 is 2.33 bits per heavy atom. The third kappa shape index (κ3) is 4.36. The summed E-state index contributed by atoms with van der Waals surface area (Å²) in [7, 11) is -3.70. The summed E-state index contributed by atoms with van der Waals surface area (Å²) in [5.41, 5.74) is 0. The first-order valence-corrected chi connectivity index (χ1v) is 8.74. The Morgan fingerprint density at radius 3 is 3.00 bits per heavy atom. The van der Waals surface area contributed by atoms with Gasteiger partial charge in [-0.05, 0) is 19.8 Å². The lowest BCUT2D eigenvalue weighted by Gasteiger charge is -2.26. The molecule has 2 N–H and O–H groups in total. The highest BCUT2D eigenvalue weighted by molar-refractivity contribution is 7.87. The highest BCUT2D eigenvalue weighted by Gasteiger charge is 2.39. The first-order chi connectivity index (χ1) is 10.0. The number of hydrogen-bond donors (Lipinski definition) is 2. The second-order valence-corrected chi connectivity index (χ2v) is 6.78. The van der Waals surface area contributed by atoms with Crippen molar-refractivity contribution < 1.29 is 22.7 Å². The van der Waals surface area contributed by atoms with Crippen LogP contribution < -0.4 is 10.0 Å². The van der Waals surface area contributed by atoms with Crippen LogP contribution in [0.15, 0.2) is 0 Å². The standard InChI is InChI=1S/C12H23N3O5S/c1-2-19-12(16)11-4-3-6-15(11)21(17,18)14-9-10-8-13-5-7-20-10/h10-11,13-14H,2-9H2,1H3. The average Bonchev–Trinajstić information content (AvgIpc) is 2.97. The van der Waals surface area contributed by atoms with Crippen LogP contribution in [0.4, 0.5) is 0 Å². The van der Waals surface area contributed by atoms with Crippen LogP contribution in [0.25, 0.3) is 0 Å². The number of esters is 1. The normalized spacial score (nSPS) is 27.7. The topological polar surface area (TPSA) is 97.0 Å². The van der Waals surface area contributed by atoms with E-state index in [1.807, 2.05) is 0 Å². The van der Waals surface area contributed by atoms with Gasteiger partial charge < -0.3 is 14.8 Å². The summed E-state index contributed by atoms with van der Waals surface area (Å²) in [6.07, 6.45) is 0.977. The summed E-state index contributed by atoms with van der Waals surface area (Å²) in [4.78, 5) is 11.8. The molecule has 0 bridgehead atoms. The monoisotopic (exact) mass is 321 g/mol. The van der Waals surface area contributed by atoms with Crippen molar-refractivity contribution in [1.29, 1.82) is 0 Å². The zero-order valence-corrected chi connectivity index (χ0v) is 13.0. The Hall–Kier alpha value is -0.740. The summed E-state index contributed by atoms with van der Waals surface area (Å²) in [6.45, 7) is 4.45. The maximum Gasteiger partial charge on any atom is 0.324 e. The summed E-state index contributed by atoms with van der Waals surface area (Å²) < 4.78 is 38.8. The average molecular weight is 321 g/mol. The van der Waals surface area contributed by atoms with Crippen LogP contribution in [0.2, 0.25) is 0 Å². The van der Waals surface area contributed by atoms with E-state index in [0.717, 1.165) is 6.54 Å². The number of nitrogens with one attached hydrogen (secondary N) is 2. The molecule has 0 radical (unpaired) electrons. The van der Waals surface area contributed by atoms with E-state index in [1.165, 1.54) is 4.31 Å². The lowest BCUT2D eigenvalue weighted by molar-refractivity contribution is -0.146. The molecule has 0 aromatic rings. The van der Waals surface area contributed by atoms with Gasteiger partial charge in [-0.25, -0.2) is 0 Å². The fourth-order valence-electron chi connectivity index (χ4n) is 2.53. The summed E-state index contributed by atoms with van der Waals surface area (Å²) >= 11 is 0. The van der Waals surface area contributed by atoms with Gasteiger partial charge in [-0.3, -0.25) is 4.79 Å². The van der Waals surface area contributed by atoms with Crippen molar-refractivity contribution in [3.8, 4) is 0 Å². The van der Waals surface area contributed by atoms with Gasteiger partial charge in [0.15, 0.2) is 0 Å². The fourth-order valence-corrected chi connectivity index (χ4v) is 3.99. The van der Waals surface area contributed by atoms with Gasteiger partial charge in [-0.2, -0.15) is 17.4 Å². The molecule has 2 fully saturated rings. The van der Waals surface area contributed by atoms with Crippen LogP contribution in [-0.2, 0) is 24.5 Å². The molecular weight excluding hydrogens is 298 g/mol. The van der Waals surface area contributed by atoms with Crippen molar-refractivity contribution in [2.24, 2.45) is 0 Å². The largest absolute Gasteiger partial charge is 0.465 e. The zero-order chi connectivity index (χ0) is 15.3. The molecule has 8 nitrogen and oxygen atoms in total. The van der Waals surface area contributed by atoms with Crippen LogP contribution in [0.5, 0.6) is 0 Å². The first-order valence-electron chi connectivity index (χ1n) is 7.30. The molecule has 0 aromatic heterocycles. The molecule has 2 unspecified atom stereocenters. The highest BCUT2D eigenvalue weighted by Crippen LogP contribution is 2.21. The van der Waals surface area contributed by atoms with E-state index in [1.54, 1.807) is 6.92 Å². The SMILES string of the molecule is CCOC(=O)C1CCCN1S(=O)(=O)NCC1CNCCO1. The highest BCUT2D eigenvalue weighted by atomic mass is 32.2. The molecule has 0 spiro atoms. The summed E-state index contributed by atoms with van der Waals surface area (Å²) in [5.74, 6) is -0.476. The molecule has 0 amide bonds. The molecule has 2 aliphatic rings. The number of ether oxygens (including phenoxy) is 2. The van der Waals surface area contributed by atoms with Crippen molar-refractivity contribution >= 4 is 16.2 Å². The van der Waals surface area contributed by atoms with Gasteiger partial charge in [0, 0.05) is 26.2 Å². The Kier molecular flexibility index (Phi) is 5.94. The van der Waals surface area contributed by atoms with Gasteiger partial charge in [0.05, 0.1) is 19.3 Å². The van der Waals surface area contributed by atoms with E-state index in [2.05, 4.69) is 10.0 Å². The minimum Gasteiger partial charge on any atom is -0.465 e. The van der Waals surface area contributed by atoms with Gasteiger partial charge in [0.2, 0.25) is 0 Å². The van der Waals surface area contributed by atoms with E-state index in [-0.39, 0.29) is 19.3 Å². The smallest absolute Gasteiger partial charge is 0.324 e. The van der Waals surface area contributed by atoms with Gasteiger partial charge >= 0.3 is 5.97 Å². The van der Waals surface area contributed by atoms with Crippen molar-refractivity contribution in [3.63, 3.8) is 0 Å². The number of carbonyl (C=O) groups is 1. The Labute approximate surface area is 125 Å². The van der Waals surface area contributed by atoms with Crippen LogP contribution in [-0.4, -0.2) is 70.2 Å². The molecule has 0 aliphatic carbocycles. The van der Waals surface area contributed by atoms with Crippen LogP contribution >= 0.6 is 0 Å². The predicted octanol–water partition coefficient (Wildman–Crippen LogP) is -1.16. The van der Waals surface area contributed by atoms with Gasteiger partial charge in [-0.1, -0.05) is 0 Å². The summed E-state index contributed by atoms with van der Waals surface area (Å²) in [6, 6.07) is -0.715. The van der Waals surface area contributed by atoms with E-state index in [0.29, 0.717) is 32.5 Å². The molecule has 2 atom stereocenters. The maximum absolute atomic E-state index is 12.3. The van der Waals surface area contributed by atoms with Crippen molar-refractivity contribution in [3.05, 3.63) is 0 Å². The minimum atomic E-state index is -3.70. The number of hydrogen-bond acceptors (Lipinski definition) is 6. The second-order valence-electron chi connectivity index (χ2n) is 5.07. The number of nitrogens with zero attached hydrogens (tertiary/aromatic N) is 1. The lowest BCUT2D eigenvalue weighted by Crippen LogP contribution is -2.51. The number of morpholine rings is 1. The Balaban J connectivity index is 1.92. The van der Waals surface area contributed by atoms with E-state index < -0.39 is 22.2 Å². The molecular formula is C12H23N3O5S. The van der Waals surface area contributed by atoms with E-state index >= 15 is 0 Å². The van der Waals surface area contributed by atoms with Gasteiger partial charge in [-0.15, -0.1) is 0 Å². The van der Waals surface area contributed by atoms with Crippen molar-refractivity contribution in [2.75, 3.05) is 39.4 Å². The van der Waals surface area contributed by atoms with Crippen molar-refractivity contribution in [1.82, 2.24) is 14.3 Å². The predicted molar refractivity (Wildman–Crippen MR) is 75.9 cm³/mol. The number of carbonyl (C=O) groups excluding carboxylic acids is 1. The second kappa shape index (κ2) is 7.50. The molecule has 2 heterocycles. The van der Waals surface area contributed by atoms with Crippen LogP contribution in [0.3, 0.4) is 0 Å². The van der Waals surface area contributed by atoms with Gasteiger partial charge in [0.1, 0.15) is 6.04 Å². The molecule has 122 valence electrons. The van der Waals surface area contributed by atoms with Crippen LogP contribution in [0.1, 0.15) is 19.8 Å². The molecule has 21 heavy (non-hydrogen) atoms. The maximum atomic E-state index is 12.3. The van der Waals surface area contributed by atoms with Crippen molar-refractivity contribution in [2.45, 2.75) is 31.9 Å². The molecule has 0 aromatic carbocycles. The quantitative estimate of drug-likeness (QED) is 0.599.